The Hall–Kier alpha value is -0.200. The third-order valence-corrected chi connectivity index (χ3v) is 7.29. The molecule has 0 saturated heterocycles. The highest BCUT2D eigenvalue weighted by atomic mass is 16.3. The van der Waals surface area contributed by atoms with E-state index >= 15 is 0 Å². The smallest absolute Gasteiger partial charge is 0.106 e. The van der Waals surface area contributed by atoms with Gasteiger partial charge in [0.25, 0.3) is 0 Å². The van der Waals surface area contributed by atoms with E-state index in [1.165, 1.54) is 83.5 Å². The fraction of sp³-hybridized carbons (Fsp3) is 1.00. The standard InChI is InChI=1S/C27H58N2O3/c1-6-8-9-10-11-12-13-14-15-16-17-18-19-20-21-22-27(23(3)30,24(4)31)29(25(5)32)26(28)7-2/h23-26,30-32H,6-22,28H2,1-5H3. The lowest BCUT2D eigenvalue weighted by Gasteiger charge is -2.52. The van der Waals surface area contributed by atoms with Gasteiger partial charge in [-0.15, -0.1) is 0 Å². The Morgan fingerprint density at radius 3 is 1.25 bits per heavy atom. The van der Waals surface area contributed by atoms with Crippen LogP contribution in [0, 0.1) is 0 Å². The van der Waals surface area contributed by atoms with E-state index in [2.05, 4.69) is 6.92 Å². The van der Waals surface area contributed by atoms with Crippen LogP contribution in [-0.4, -0.2) is 50.4 Å². The SMILES string of the molecule is CCCCCCCCCCCCCCCCCC(C(C)O)(C(C)O)N(C(C)O)C(N)CC. The predicted octanol–water partition coefficient (Wildman–Crippen LogP) is 6.08. The molecule has 0 heterocycles. The van der Waals surface area contributed by atoms with E-state index in [9.17, 15) is 15.3 Å². The third-order valence-electron chi connectivity index (χ3n) is 7.29. The Balaban J connectivity index is 4.18. The van der Waals surface area contributed by atoms with Crippen molar-refractivity contribution in [2.45, 2.75) is 174 Å². The second kappa shape index (κ2) is 19.1. The van der Waals surface area contributed by atoms with Crippen molar-refractivity contribution in [2.75, 3.05) is 0 Å². The molecule has 5 heteroatoms. The van der Waals surface area contributed by atoms with Crippen LogP contribution in [0.15, 0.2) is 0 Å². The Labute approximate surface area is 200 Å². The van der Waals surface area contributed by atoms with Crippen molar-refractivity contribution in [3.8, 4) is 0 Å². The second-order valence-corrected chi connectivity index (χ2v) is 10.1. The van der Waals surface area contributed by atoms with E-state index in [1.54, 1.807) is 25.7 Å². The number of nitrogens with zero attached hydrogens (tertiary/aromatic N) is 1. The molecule has 194 valence electrons. The van der Waals surface area contributed by atoms with Gasteiger partial charge in [-0.2, -0.15) is 0 Å². The van der Waals surface area contributed by atoms with Gasteiger partial charge in [-0.25, -0.2) is 0 Å². The first-order valence-corrected chi connectivity index (χ1v) is 13.8. The highest BCUT2D eigenvalue weighted by molar-refractivity contribution is 5.01. The number of hydrogen-bond acceptors (Lipinski definition) is 5. The van der Waals surface area contributed by atoms with Gasteiger partial charge in [-0.3, -0.25) is 4.90 Å². The quantitative estimate of drug-likeness (QED) is 0.116. The molecule has 0 fully saturated rings. The fourth-order valence-corrected chi connectivity index (χ4v) is 5.24. The van der Waals surface area contributed by atoms with E-state index < -0.39 is 30.1 Å². The van der Waals surface area contributed by atoms with Gasteiger partial charge in [-0.1, -0.05) is 110 Å². The Bertz CT molecular complexity index is 408. The van der Waals surface area contributed by atoms with Gasteiger partial charge in [-0.05, 0) is 33.6 Å². The van der Waals surface area contributed by atoms with Crippen LogP contribution in [0.4, 0.5) is 0 Å². The lowest BCUT2D eigenvalue weighted by molar-refractivity contribution is -0.172. The molecule has 0 saturated carbocycles. The summed E-state index contributed by atoms with van der Waals surface area (Å²) in [5, 5.41) is 31.7. The first-order chi connectivity index (χ1) is 15.3. The summed E-state index contributed by atoms with van der Waals surface area (Å²) < 4.78 is 0. The Kier molecular flexibility index (Phi) is 19.0. The molecule has 0 radical (unpaired) electrons. The van der Waals surface area contributed by atoms with Gasteiger partial charge in [0.15, 0.2) is 0 Å². The molecule has 0 aromatic rings. The molecule has 32 heavy (non-hydrogen) atoms. The molecule has 0 rings (SSSR count). The minimum atomic E-state index is -0.930. The van der Waals surface area contributed by atoms with Crippen LogP contribution < -0.4 is 5.73 Å². The van der Waals surface area contributed by atoms with Gasteiger partial charge in [0.2, 0.25) is 0 Å². The Morgan fingerprint density at radius 1 is 0.625 bits per heavy atom. The van der Waals surface area contributed by atoms with E-state index in [-0.39, 0.29) is 0 Å². The zero-order valence-electron chi connectivity index (χ0n) is 22.2. The first-order valence-electron chi connectivity index (χ1n) is 13.8. The minimum absolute atomic E-state index is 0.407. The monoisotopic (exact) mass is 458 g/mol. The number of aliphatic hydroxyl groups is 3. The third kappa shape index (κ3) is 11.8. The number of rotatable bonds is 22. The highest BCUT2D eigenvalue weighted by Crippen LogP contribution is 2.34. The van der Waals surface area contributed by atoms with Crippen molar-refractivity contribution < 1.29 is 15.3 Å². The van der Waals surface area contributed by atoms with Crippen molar-refractivity contribution in [3.05, 3.63) is 0 Å². The summed E-state index contributed by atoms with van der Waals surface area (Å²) in [6.07, 6.45) is 18.0. The molecule has 0 aliphatic heterocycles. The summed E-state index contributed by atoms with van der Waals surface area (Å²) in [5.41, 5.74) is 5.35. The molecule has 0 bridgehead atoms. The van der Waals surface area contributed by atoms with Gasteiger partial charge in [0.05, 0.1) is 23.9 Å². The van der Waals surface area contributed by atoms with Crippen LogP contribution >= 0.6 is 0 Å². The molecular weight excluding hydrogens is 400 g/mol. The van der Waals surface area contributed by atoms with Crippen molar-refractivity contribution >= 4 is 0 Å². The fourth-order valence-electron chi connectivity index (χ4n) is 5.24. The molecule has 5 N–H and O–H groups in total. The molecule has 0 amide bonds. The van der Waals surface area contributed by atoms with Crippen LogP contribution in [-0.2, 0) is 0 Å². The molecule has 0 spiro atoms. The van der Waals surface area contributed by atoms with E-state index in [0.29, 0.717) is 12.8 Å². The molecule has 5 nitrogen and oxygen atoms in total. The topological polar surface area (TPSA) is 90.0 Å². The van der Waals surface area contributed by atoms with Crippen LogP contribution in [0.1, 0.15) is 144 Å². The van der Waals surface area contributed by atoms with E-state index in [1.807, 2.05) is 6.92 Å². The summed E-state index contributed by atoms with van der Waals surface area (Å²) in [7, 11) is 0. The summed E-state index contributed by atoms with van der Waals surface area (Å²) in [5.74, 6) is 0. The van der Waals surface area contributed by atoms with Crippen molar-refractivity contribution in [1.29, 1.82) is 0 Å². The van der Waals surface area contributed by atoms with Gasteiger partial charge >= 0.3 is 0 Å². The van der Waals surface area contributed by atoms with Crippen LogP contribution in [0.25, 0.3) is 0 Å². The number of unbranched alkanes of at least 4 members (excludes halogenated alkanes) is 14. The molecule has 0 aromatic heterocycles. The number of aliphatic hydroxyl groups excluding tert-OH is 3. The number of hydrogen-bond donors (Lipinski definition) is 4. The minimum Gasteiger partial charge on any atom is -0.391 e. The molecule has 4 atom stereocenters. The van der Waals surface area contributed by atoms with Gasteiger partial charge in [0, 0.05) is 0 Å². The van der Waals surface area contributed by atoms with Crippen molar-refractivity contribution in [3.63, 3.8) is 0 Å². The Morgan fingerprint density at radius 2 is 0.969 bits per heavy atom. The maximum absolute atomic E-state index is 10.6. The zero-order valence-corrected chi connectivity index (χ0v) is 22.2. The van der Waals surface area contributed by atoms with Crippen LogP contribution in [0.2, 0.25) is 0 Å². The van der Waals surface area contributed by atoms with Crippen molar-refractivity contribution in [2.24, 2.45) is 5.73 Å². The normalized spacial score (nSPS) is 17.8. The van der Waals surface area contributed by atoms with Crippen LogP contribution in [0.3, 0.4) is 0 Å². The maximum Gasteiger partial charge on any atom is 0.106 e. The lowest BCUT2D eigenvalue weighted by atomic mass is 9.79. The summed E-state index contributed by atoms with van der Waals surface area (Å²) >= 11 is 0. The lowest BCUT2D eigenvalue weighted by Crippen LogP contribution is -2.69. The second-order valence-electron chi connectivity index (χ2n) is 10.1. The average molecular weight is 459 g/mol. The summed E-state index contributed by atoms with van der Waals surface area (Å²) in [6.45, 7) is 9.31. The average Bonchev–Trinajstić information content (AvgIpc) is 2.74. The molecular formula is C27H58N2O3. The van der Waals surface area contributed by atoms with Gasteiger partial charge < -0.3 is 21.1 Å². The zero-order chi connectivity index (χ0) is 24.4. The largest absolute Gasteiger partial charge is 0.391 e. The molecule has 4 unspecified atom stereocenters. The van der Waals surface area contributed by atoms with Crippen molar-refractivity contribution in [1.82, 2.24) is 4.90 Å². The van der Waals surface area contributed by atoms with E-state index in [4.69, 9.17) is 5.73 Å². The first kappa shape index (κ1) is 31.8. The summed E-state index contributed by atoms with van der Waals surface area (Å²) in [4.78, 5) is 1.73. The van der Waals surface area contributed by atoms with Crippen LogP contribution in [0.5, 0.6) is 0 Å². The molecule has 0 aliphatic carbocycles. The molecule has 0 aromatic carbocycles. The number of nitrogens with two attached hydrogens (primary N) is 1. The van der Waals surface area contributed by atoms with Gasteiger partial charge in [0.1, 0.15) is 6.23 Å². The predicted molar refractivity (Wildman–Crippen MR) is 137 cm³/mol. The van der Waals surface area contributed by atoms with E-state index in [0.717, 1.165) is 12.8 Å². The summed E-state index contributed by atoms with van der Waals surface area (Å²) in [6, 6.07) is 0. The maximum atomic E-state index is 10.6. The highest BCUT2D eigenvalue weighted by Gasteiger charge is 2.48. The molecule has 0 aliphatic rings.